The number of nitrogens with one attached hydrogen (secondary N) is 1. The Labute approximate surface area is 105 Å². The van der Waals surface area contributed by atoms with Crippen molar-refractivity contribution in [3.05, 3.63) is 57.8 Å². The Hall–Kier alpha value is -1.16. The third-order valence-corrected chi connectivity index (χ3v) is 3.95. The highest BCUT2D eigenvalue weighted by atomic mass is 32.1. The van der Waals surface area contributed by atoms with Gasteiger partial charge in [-0.3, -0.25) is 0 Å². The maximum atomic E-state index is 5.62. The van der Waals surface area contributed by atoms with E-state index in [0.29, 0.717) is 6.04 Å². The number of benzene rings is 1. The van der Waals surface area contributed by atoms with Crippen molar-refractivity contribution >= 4 is 11.3 Å². The van der Waals surface area contributed by atoms with Gasteiger partial charge >= 0.3 is 0 Å². The fourth-order valence-electron chi connectivity index (χ4n) is 2.19. The molecule has 2 heterocycles. The highest BCUT2D eigenvalue weighted by Gasteiger charge is 2.19. The minimum absolute atomic E-state index is 0.321. The summed E-state index contributed by atoms with van der Waals surface area (Å²) in [6, 6.07) is 13.1. The molecule has 1 atom stereocenters. The van der Waals surface area contributed by atoms with Gasteiger partial charge < -0.3 is 10.1 Å². The number of thiophene rings is 1. The molecule has 1 unspecified atom stereocenters. The van der Waals surface area contributed by atoms with Crippen LogP contribution in [-0.2, 0) is 17.9 Å². The van der Waals surface area contributed by atoms with Gasteiger partial charge in [0.15, 0.2) is 0 Å². The highest BCUT2D eigenvalue weighted by molar-refractivity contribution is 7.09. The first kappa shape index (κ1) is 11.0. The molecule has 3 rings (SSSR count). The van der Waals surface area contributed by atoms with Gasteiger partial charge in [0, 0.05) is 11.4 Å². The van der Waals surface area contributed by atoms with Gasteiger partial charge in [-0.05, 0) is 22.6 Å². The third-order valence-electron chi connectivity index (χ3n) is 3.08. The molecule has 0 amide bonds. The van der Waals surface area contributed by atoms with Crippen LogP contribution in [0.5, 0.6) is 0 Å². The van der Waals surface area contributed by atoms with Crippen LogP contribution in [0.3, 0.4) is 0 Å². The molecule has 0 bridgehead atoms. The Bertz CT molecular complexity index is 481. The van der Waals surface area contributed by atoms with Crippen LogP contribution in [-0.4, -0.2) is 6.61 Å². The molecule has 0 saturated carbocycles. The maximum absolute atomic E-state index is 5.62. The third kappa shape index (κ3) is 2.41. The van der Waals surface area contributed by atoms with E-state index in [-0.39, 0.29) is 0 Å². The van der Waals surface area contributed by atoms with Crippen LogP contribution in [0.15, 0.2) is 41.8 Å². The summed E-state index contributed by atoms with van der Waals surface area (Å²) >= 11 is 1.79. The maximum Gasteiger partial charge on any atom is 0.0721 e. The molecule has 2 nitrogen and oxygen atoms in total. The summed E-state index contributed by atoms with van der Waals surface area (Å²) in [7, 11) is 0. The van der Waals surface area contributed by atoms with E-state index in [4.69, 9.17) is 4.74 Å². The Balaban J connectivity index is 1.72. The lowest BCUT2D eigenvalue weighted by atomic mass is 9.99. The molecule has 1 aromatic heterocycles. The normalized spacial score (nSPS) is 18.9. The van der Waals surface area contributed by atoms with Crippen LogP contribution in [0.4, 0.5) is 0 Å². The first-order valence-corrected chi connectivity index (χ1v) is 6.73. The molecule has 1 aliphatic heterocycles. The Morgan fingerprint density at radius 3 is 3.06 bits per heavy atom. The van der Waals surface area contributed by atoms with Crippen molar-refractivity contribution in [1.29, 1.82) is 0 Å². The lowest BCUT2D eigenvalue weighted by molar-refractivity contribution is 0.0817. The molecule has 17 heavy (non-hydrogen) atoms. The van der Waals surface area contributed by atoms with E-state index in [9.17, 15) is 0 Å². The zero-order valence-corrected chi connectivity index (χ0v) is 10.4. The SMILES string of the molecule is c1csc(CNC2COCc3ccccc32)c1. The zero-order chi connectivity index (χ0) is 11.5. The van der Waals surface area contributed by atoms with Gasteiger partial charge in [-0.15, -0.1) is 11.3 Å². The molecule has 1 aromatic carbocycles. The summed E-state index contributed by atoms with van der Waals surface area (Å²) in [5.41, 5.74) is 2.69. The molecule has 0 aliphatic carbocycles. The van der Waals surface area contributed by atoms with Crippen LogP contribution in [0, 0.1) is 0 Å². The number of rotatable bonds is 3. The van der Waals surface area contributed by atoms with Crippen molar-refractivity contribution in [3.63, 3.8) is 0 Å². The van der Waals surface area contributed by atoms with Gasteiger partial charge in [0.2, 0.25) is 0 Å². The topological polar surface area (TPSA) is 21.3 Å². The first-order valence-electron chi connectivity index (χ1n) is 5.85. The quantitative estimate of drug-likeness (QED) is 0.897. The summed E-state index contributed by atoms with van der Waals surface area (Å²) in [5.74, 6) is 0. The molecule has 1 N–H and O–H groups in total. The van der Waals surface area contributed by atoms with Crippen LogP contribution in [0.1, 0.15) is 22.0 Å². The van der Waals surface area contributed by atoms with E-state index in [1.807, 2.05) is 0 Å². The molecule has 88 valence electrons. The molecule has 3 heteroatoms. The van der Waals surface area contributed by atoms with Crippen LogP contribution in [0.2, 0.25) is 0 Å². The van der Waals surface area contributed by atoms with E-state index in [2.05, 4.69) is 47.1 Å². The summed E-state index contributed by atoms with van der Waals surface area (Å²) in [5, 5.41) is 5.68. The van der Waals surface area contributed by atoms with E-state index in [1.165, 1.54) is 16.0 Å². The number of fused-ring (bicyclic) bond motifs is 1. The van der Waals surface area contributed by atoms with Crippen molar-refractivity contribution < 1.29 is 4.74 Å². The fourth-order valence-corrected chi connectivity index (χ4v) is 2.84. The monoisotopic (exact) mass is 245 g/mol. The molecule has 2 aromatic rings. The van der Waals surface area contributed by atoms with Gasteiger partial charge in [-0.25, -0.2) is 0 Å². The van der Waals surface area contributed by atoms with Gasteiger partial charge in [0.05, 0.1) is 19.3 Å². The van der Waals surface area contributed by atoms with Crippen LogP contribution >= 0.6 is 11.3 Å². The van der Waals surface area contributed by atoms with Gasteiger partial charge in [-0.2, -0.15) is 0 Å². The Kier molecular flexibility index (Phi) is 3.22. The number of ether oxygens (including phenoxy) is 1. The first-order chi connectivity index (χ1) is 8.43. The predicted octanol–water partition coefficient (Wildman–Crippen LogP) is 3.11. The standard InChI is InChI=1S/C14H15NOS/c1-2-6-13-11(4-1)9-16-10-14(13)15-8-12-5-3-7-17-12/h1-7,14-15H,8-10H2. The zero-order valence-electron chi connectivity index (χ0n) is 9.56. The summed E-state index contributed by atoms with van der Waals surface area (Å²) in [4.78, 5) is 1.37. The minimum Gasteiger partial charge on any atom is -0.375 e. The second kappa shape index (κ2) is 5.00. The summed E-state index contributed by atoms with van der Waals surface area (Å²) in [6.45, 7) is 2.43. The molecular formula is C14H15NOS. The molecular weight excluding hydrogens is 230 g/mol. The van der Waals surface area contributed by atoms with Crippen molar-refractivity contribution in [1.82, 2.24) is 5.32 Å². The van der Waals surface area contributed by atoms with Gasteiger partial charge in [0.25, 0.3) is 0 Å². The second-order valence-corrected chi connectivity index (χ2v) is 5.26. The van der Waals surface area contributed by atoms with Crippen molar-refractivity contribution in [2.75, 3.05) is 6.61 Å². The average molecular weight is 245 g/mol. The summed E-state index contributed by atoms with van der Waals surface area (Å²) in [6.07, 6.45) is 0. The minimum atomic E-state index is 0.321. The average Bonchev–Trinajstić information content (AvgIpc) is 2.89. The highest BCUT2D eigenvalue weighted by Crippen LogP contribution is 2.24. The fraction of sp³-hybridized carbons (Fsp3) is 0.286. The van der Waals surface area contributed by atoms with E-state index >= 15 is 0 Å². The predicted molar refractivity (Wildman–Crippen MR) is 70.0 cm³/mol. The van der Waals surface area contributed by atoms with E-state index < -0.39 is 0 Å². The van der Waals surface area contributed by atoms with E-state index in [0.717, 1.165) is 19.8 Å². The smallest absolute Gasteiger partial charge is 0.0721 e. The molecule has 0 spiro atoms. The lowest BCUT2D eigenvalue weighted by Crippen LogP contribution is -2.29. The summed E-state index contributed by atoms with van der Waals surface area (Å²) < 4.78 is 5.62. The Morgan fingerprint density at radius 1 is 1.24 bits per heavy atom. The lowest BCUT2D eigenvalue weighted by Gasteiger charge is -2.26. The van der Waals surface area contributed by atoms with E-state index in [1.54, 1.807) is 11.3 Å². The molecule has 0 saturated heterocycles. The second-order valence-electron chi connectivity index (χ2n) is 4.23. The van der Waals surface area contributed by atoms with Crippen molar-refractivity contribution in [2.45, 2.75) is 19.2 Å². The molecule has 0 fully saturated rings. The Morgan fingerprint density at radius 2 is 2.18 bits per heavy atom. The van der Waals surface area contributed by atoms with Crippen molar-refractivity contribution in [3.8, 4) is 0 Å². The molecule has 0 radical (unpaired) electrons. The number of hydrogen-bond donors (Lipinski definition) is 1. The van der Waals surface area contributed by atoms with Crippen molar-refractivity contribution in [2.24, 2.45) is 0 Å². The van der Waals surface area contributed by atoms with Crippen LogP contribution in [0.25, 0.3) is 0 Å². The molecule has 1 aliphatic rings. The van der Waals surface area contributed by atoms with Crippen LogP contribution < -0.4 is 5.32 Å². The largest absolute Gasteiger partial charge is 0.375 e. The number of hydrogen-bond acceptors (Lipinski definition) is 3. The van der Waals surface area contributed by atoms with Gasteiger partial charge in [0.1, 0.15) is 0 Å². The van der Waals surface area contributed by atoms with Gasteiger partial charge in [-0.1, -0.05) is 30.3 Å².